The first-order valence-electron chi connectivity index (χ1n) is 6.78. The van der Waals surface area contributed by atoms with E-state index in [0.29, 0.717) is 41.5 Å². The summed E-state index contributed by atoms with van der Waals surface area (Å²) < 4.78 is 5.57. The summed E-state index contributed by atoms with van der Waals surface area (Å²) in [4.78, 5) is 8.21. The van der Waals surface area contributed by atoms with Gasteiger partial charge in [-0.15, -0.1) is 0 Å². The van der Waals surface area contributed by atoms with E-state index in [9.17, 15) is 0 Å². The van der Waals surface area contributed by atoms with Crippen LogP contribution in [0.2, 0.25) is 5.02 Å². The summed E-state index contributed by atoms with van der Waals surface area (Å²) in [5, 5.41) is 3.89. The zero-order valence-electron chi connectivity index (χ0n) is 12.1. The molecule has 2 rings (SSSR count). The second-order valence-electron chi connectivity index (χ2n) is 5.13. The minimum Gasteiger partial charge on any atom is -0.476 e. The quantitative estimate of drug-likeness (QED) is 0.856. The number of aromatic nitrogens is 2. The van der Waals surface area contributed by atoms with Crippen LogP contribution in [0, 0.1) is 5.92 Å². The van der Waals surface area contributed by atoms with Crippen molar-refractivity contribution in [2.45, 2.75) is 20.4 Å². The van der Waals surface area contributed by atoms with Crippen molar-refractivity contribution in [3.05, 3.63) is 41.2 Å². The molecule has 0 radical (unpaired) electrons. The lowest BCUT2D eigenvalue weighted by Gasteiger charge is -2.13. The fourth-order valence-electron chi connectivity index (χ4n) is 1.67. The van der Waals surface area contributed by atoms with Gasteiger partial charge in [-0.1, -0.05) is 37.6 Å². The van der Waals surface area contributed by atoms with Crippen molar-refractivity contribution >= 4 is 23.1 Å². The minimum atomic E-state index is 0.407. The smallest absolute Gasteiger partial charge is 0.242 e. The second-order valence-corrected chi connectivity index (χ2v) is 5.56. The summed E-state index contributed by atoms with van der Waals surface area (Å²) in [7, 11) is 0. The maximum atomic E-state index is 6.02. The van der Waals surface area contributed by atoms with E-state index in [4.69, 9.17) is 22.1 Å². The van der Waals surface area contributed by atoms with Crippen LogP contribution in [0.15, 0.2) is 30.6 Å². The van der Waals surface area contributed by atoms with Crippen LogP contribution in [0.4, 0.5) is 11.5 Å². The predicted octanol–water partition coefficient (Wildman–Crippen LogP) is 3.36. The van der Waals surface area contributed by atoms with E-state index in [1.165, 1.54) is 6.33 Å². The van der Waals surface area contributed by atoms with Crippen molar-refractivity contribution in [2.24, 2.45) is 5.92 Å². The summed E-state index contributed by atoms with van der Waals surface area (Å²) in [6.07, 6.45) is 1.44. The van der Waals surface area contributed by atoms with Gasteiger partial charge in [0, 0.05) is 11.6 Å². The van der Waals surface area contributed by atoms with Crippen LogP contribution in [-0.4, -0.2) is 16.6 Å². The molecule has 0 spiro atoms. The van der Waals surface area contributed by atoms with E-state index < -0.39 is 0 Å². The lowest BCUT2D eigenvalue weighted by atomic mass is 10.2. The summed E-state index contributed by atoms with van der Waals surface area (Å²) in [5.74, 6) is 1.39. The van der Waals surface area contributed by atoms with Gasteiger partial charge in [-0.05, 0) is 23.6 Å². The van der Waals surface area contributed by atoms with Crippen LogP contribution < -0.4 is 15.8 Å². The van der Waals surface area contributed by atoms with E-state index in [1.807, 2.05) is 24.3 Å². The Morgan fingerprint density at radius 3 is 2.62 bits per heavy atom. The zero-order valence-corrected chi connectivity index (χ0v) is 12.9. The largest absolute Gasteiger partial charge is 0.476 e. The van der Waals surface area contributed by atoms with Crippen molar-refractivity contribution in [3.63, 3.8) is 0 Å². The van der Waals surface area contributed by atoms with E-state index in [-0.39, 0.29) is 0 Å². The molecule has 0 unspecified atom stereocenters. The highest BCUT2D eigenvalue weighted by atomic mass is 35.5. The Balaban J connectivity index is 2.02. The van der Waals surface area contributed by atoms with Crippen LogP contribution in [-0.2, 0) is 6.54 Å². The van der Waals surface area contributed by atoms with Gasteiger partial charge >= 0.3 is 0 Å². The minimum absolute atomic E-state index is 0.407. The molecule has 1 aromatic carbocycles. The first-order valence-corrected chi connectivity index (χ1v) is 7.15. The third-order valence-electron chi connectivity index (χ3n) is 2.77. The highest BCUT2D eigenvalue weighted by Gasteiger charge is 2.09. The SMILES string of the molecule is CC(C)COc1ncnc(NCc2ccc(Cl)cc2)c1N. The Hall–Kier alpha value is -2.01. The third-order valence-corrected chi connectivity index (χ3v) is 3.03. The molecule has 0 saturated heterocycles. The summed E-state index contributed by atoms with van der Waals surface area (Å²) >= 11 is 5.86. The average molecular weight is 307 g/mol. The maximum Gasteiger partial charge on any atom is 0.242 e. The third kappa shape index (κ3) is 4.49. The Labute approximate surface area is 129 Å². The lowest BCUT2D eigenvalue weighted by Crippen LogP contribution is -2.10. The number of hydrogen-bond acceptors (Lipinski definition) is 5. The number of nitrogens with two attached hydrogens (primary N) is 1. The van der Waals surface area contributed by atoms with Crippen LogP contribution in [0.3, 0.4) is 0 Å². The highest BCUT2D eigenvalue weighted by molar-refractivity contribution is 6.30. The zero-order chi connectivity index (χ0) is 15.2. The fraction of sp³-hybridized carbons (Fsp3) is 0.333. The van der Waals surface area contributed by atoms with Gasteiger partial charge in [-0.2, -0.15) is 4.98 Å². The fourth-order valence-corrected chi connectivity index (χ4v) is 1.79. The summed E-state index contributed by atoms with van der Waals surface area (Å²) in [5.41, 5.74) is 7.53. The normalized spacial score (nSPS) is 10.7. The molecule has 3 N–H and O–H groups in total. The second kappa shape index (κ2) is 7.13. The molecule has 5 nitrogen and oxygen atoms in total. The molecule has 6 heteroatoms. The van der Waals surface area contributed by atoms with Crippen molar-refractivity contribution in [2.75, 3.05) is 17.7 Å². The number of nitrogens with one attached hydrogen (secondary N) is 1. The van der Waals surface area contributed by atoms with E-state index >= 15 is 0 Å². The predicted molar refractivity (Wildman–Crippen MR) is 85.6 cm³/mol. The monoisotopic (exact) mass is 306 g/mol. The molecule has 21 heavy (non-hydrogen) atoms. The molecule has 0 saturated carbocycles. The van der Waals surface area contributed by atoms with E-state index in [2.05, 4.69) is 29.1 Å². The molecule has 0 fully saturated rings. The van der Waals surface area contributed by atoms with Crippen molar-refractivity contribution in [3.8, 4) is 5.88 Å². The van der Waals surface area contributed by atoms with Gasteiger partial charge in [0.05, 0.1) is 6.61 Å². The van der Waals surface area contributed by atoms with Crippen molar-refractivity contribution in [1.82, 2.24) is 9.97 Å². The summed E-state index contributed by atoms with van der Waals surface area (Å²) in [6.45, 7) is 5.30. The van der Waals surface area contributed by atoms with Gasteiger partial charge in [0.25, 0.3) is 0 Å². The molecular weight excluding hydrogens is 288 g/mol. The Morgan fingerprint density at radius 1 is 1.24 bits per heavy atom. The first kappa shape index (κ1) is 15.4. The number of anilines is 2. The molecule has 112 valence electrons. The molecule has 1 heterocycles. The van der Waals surface area contributed by atoms with Gasteiger partial charge in [0.1, 0.15) is 12.0 Å². The van der Waals surface area contributed by atoms with Gasteiger partial charge in [-0.3, -0.25) is 0 Å². The Kier molecular flexibility index (Phi) is 5.22. The van der Waals surface area contributed by atoms with Crippen LogP contribution in [0.5, 0.6) is 5.88 Å². The van der Waals surface area contributed by atoms with Crippen molar-refractivity contribution < 1.29 is 4.74 Å². The molecule has 0 atom stereocenters. The molecule has 0 aliphatic carbocycles. The molecule has 0 aliphatic heterocycles. The first-order chi connectivity index (χ1) is 10.1. The molecular formula is C15H19ClN4O. The van der Waals surface area contributed by atoms with Crippen LogP contribution in [0.25, 0.3) is 0 Å². The number of halogens is 1. The molecule has 2 aromatic rings. The topological polar surface area (TPSA) is 73.1 Å². The van der Waals surface area contributed by atoms with Gasteiger partial charge < -0.3 is 15.8 Å². The number of benzene rings is 1. The lowest BCUT2D eigenvalue weighted by molar-refractivity contribution is 0.262. The van der Waals surface area contributed by atoms with Crippen molar-refractivity contribution in [1.29, 1.82) is 0 Å². The number of nitrogen functional groups attached to an aromatic ring is 1. The molecule has 0 bridgehead atoms. The van der Waals surface area contributed by atoms with E-state index in [1.54, 1.807) is 0 Å². The number of ether oxygens (including phenoxy) is 1. The van der Waals surface area contributed by atoms with E-state index in [0.717, 1.165) is 5.56 Å². The number of hydrogen-bond donors (Lipinski definition) is 2. The molecule has 0 amide bonds. The van der Waals surface area contributed by atoms with Gasteiger partial charge in [-0.25, -0.2) is 4.98 Å². The Bertz CT molecular complexity index is 587. The average Bonchev–Trinajstić information content (AvgIpc) is 2.46. The molecule has 0 aliphatic rings. The van der Waals surface area contributed by atoms with Gasteiger partial charge in [0.15, 0.2) is 5.82 Å². The number of nitrogens with zero attached hydrogens (tertiary/aromatic N) is 2. The summed E-state index contributed by atoms with van der Waals surface area (Å²) in [6, 6.07) is 7.59. The highest BCUT2D eigenvalue weighted by Crippen LogP contribution is 2.25. The van der Waals surface area contributed by atoms with Gasteiger partial charge in [0.2, 0.25) is 5.88 Å². The van der Waals surface area contributed by atoms with Crippen LogP contribution in [0.1, 0.15) is 19.4 Å². The maximum absolute atomic E-state index is 6.02. The Morgan fingerprint density at radius 2 is 1.95 bits per heavy atom. The number of rotatable bonds is 6. The standard InChI is InChI=1S/C15H19ClN4O/c1-10(2)8-21-15-13(17)14(19-9-20-15)18-7-11-3-5-12(16)6-4-11/h3-6,9-10H,7-8,17H2,1-2H3,(H,18,19,20). The van der Waals surface area contributed by atoms with Crippen LogP contribution >= 0.6 is 11.6 Å². The molecule has 1 aromatic heterocycles.